The first-order chi connectivity index (χ1) is 17.2. The van der Waals surface area contributed by atoms with Gasteiger partial charge in [0.15, 0.2) is 0 Å². The van der Waals surface area contributed by atoms with Gasteiger partial charge in [0.25, 0.3) is 0 Å². The summed E-state index contributed by atoms with van der Waals surface area (Å²) in [7, 11) is 5.36. The summed E-state index contributed by atoms with van der Waals surface area (Å²) in [6.45, 7) is 7.50. The number of halogens is 1. The van der Waals surface area contributed by atoms with Crippen LogP contribution in [0, 0.1) is 5.82 Å². The summed E-state index contributed by atoms with van der Waals surface area (Å²) in [4.78, 5) is 30.2. The first kappa shape index (κ1) is 28.5. The number of carbonyl (C=O) groups excluding carboxylic acids is 2. The number of hydrogen-bond acceptors (Lipinski definition) is 7. The third-order valence-electron chi connectivity index (χ3n) is 4.83. The molecule has 2 aromatic carbocycles. The molecular formula is C26H34FN5O4. The van der Waals surface area contributed by atoms with Gasteiger partial charge in [-0.3, -0.25) is 9.59 Å². The summed E-state index contributed by atoms with van der Waals surface area (Å²) < 4.78 is 25.4. The molecule has 0 radical (unpaired) electrons. The quantitative estimate of drug-likeness (QED) is 0.219. The zero-order chi connectivity index (χ0) is 26.5. The molecule has 0 aliphatic rings. The second-order valence-corrected chi connectivity index (χ2v) is 8.10. The number of benzene rings is 2. The highest BCUT2D eigenvalue weighted by molar-refractivity contribution is 6.03. The Morgan fingerprint density at radius 3 is 2.33 bits per heavy atom. The summed E-state index contributed by atoms with van der Waals surface area (Å²) in [5, 5.41) is 9.10. The fraction of sp³-hybridized carbons (Fsp3) is 0.346. The van der Waals surface area contributed by atoms with Crippen molar-refractivity contribution in [3.8, 4) is 5.75 Å². The van der Waals surface area contributed by atoms with Gasteiger partial charge in [0, 0.05) is 43.9 Å². The predicted molar refractivity (Wildman–Crippen MR) is 141 cm³/mol. The SMILES string of the molecule is C=c1cc(OCCOC)cc(F)/c1=C(/N=C\C)Nc1ccc(NC(=O)CC(=O)NCCN(C)C)cc1. The minimum absolute atomic E-state index is 0.213. The van der Waals surface area contributed by atoms with Crippen LogP contribution in [0.2, 0.25) is 0 Å². The number of amides is 2. The Balaban J connectivity index is 2.10. The largest absolute Gasteiger partial charge is 0.491 e. The van der Waals surface area contributed by atoms with Crippen molar-refractivity contribution in [3.63, 3.8) is 0 Å². The van der Waals surface area contributed by atoms with Crippen LogP contribution in [0.15, 0.2) is 41.4 Å². The van der Waals surface area contributed by atoms with Gasteiger partial charge in [0.05, 0.1) is 11.8 Å². The number of anilines is 2. The highest BCUT2D eigenvalue weighted by atomic mass is 19.1. The zero-order valence-corrected chi connectivity index (χ0v) is 21.2. The van der Waals surface area contributed by atoms with Crippen LogP contribution < -0.4 is 31.1 Å². The third-order valence-corrected chi connectivity index (χ3v) is 4.83. The van der Waals surface area contributed by atoms with E-state index in [4.69, 9.17) is 9.47 Å². The number of ether oxygens (including phenoxy) is 2. The van der Waals surface area contributed by atoms with Crippen LogP contribution in [0.1, 0.15) is 13.3 Å². The second-order valence-electron chi connectivity index (χ2n) is 8.10. The van der Waals surface area contributed by atoms with E-state index in [2.05, 4.69) is 27.5 Å². The van der Waals surface area contributed by atoms with E-state index in [0.29, 0.717) is 48.6 Å². The molecule has 0 bridgehead atoms. The lowest BCUT2D eigenvalue weighted by molar-refractivity contribution is -0.126. The molecule has 9 nitrogen and oxygen atoms in total. The molecule has 0 saturated heterocycles. The molecule has 0 fully saturated rings. The van der Waals surface area contributed by atoms with E-state index in [0.717, 1.165) is 0 Å². The zero-order valence-electron chi connectivity index (χ0n) is 21.2. The maximum atomic E-state index is 15.0. The number of methoxy groups -OCH3 is 1. The van der Waals surface area contributed by atoms with Gasteiger partial charge < -0.3 is 30.3 Å². The lowest BCUT2D eigenvalue weighted by atomic mass is 10.2. The van der Waals surface area contributed by atoms with Crippen molar-refractivity contribution in [2.45, 2.75) is 13.3 Å². The molecule has 2 rings (SSSR count). The van der Waals surface area contributed by atoms with Crippen LogP contribution in [0.25, 0.3) is 12.4 Å². The van der Waals surface area contributed by atoms with Gasteiger partial charge in [-0.05, 0) is 56.6 Å². The Morgan fingerprint density at radius 2 is 1.75 bits per heavy atom. The third kappa shape index (κ3) is 9.47. The fourth-order valence-corrected chi connectivity index (χ4v) is 3.12. The Morgan fingerprint density at radius 1 is 1.08 bits per heavy atom. The van der Waals surface area contributed by atoms with Crippen LogP contribution in [0.5, 0.6) is 5.75 Å². The summed E-state index contributed by atoms with van der Waals surface area (Å²) >= 11 is 0. The van der Waals surface area contributed by atoms with Crippen LogP contribution in [-0.2, 0) is 14.3 Å². The average molecular weight is 500 g/mol. The highest BCUT2D eigenvalue weighted by Crippen LogP contribution is 2.16. The average Bonchev–Trinajstić information content (AvgIpc) is 2.80. The number of aliphatic imine (C=N–C) groups is 1. The van der Waals surface area contributed by atoms with Crippen molar-refractivity contribution < 1.29 is 23.5 Å². The molecule has 0 saturated carbocycles. The topological polar surface area (TPSA) is 104 Å². The molecule has 10 heteroatoms. The first-order valence-electron chi connectivity index (χ1n) is 11.4. The minimum atomic E-state index is -0.532. The normalized spacial score (nSPS) is 11.9. The monoisotopic (exact) mass is 499 g/mol. The van der Waals surface area contributed by atoms with Crippen molar-refractivity contribution in [1.82, 2.24) is 10.2 Å². The lowest BCUT2D eigenvalue weighted by Gasteiger charge is -2.11. The van der Waals surface area contributed by atoms with E-state index >= 15 is 0 Å². The first-order valence-corrected chi connectivity index (χ1v) is 11.4. The Kier molecular flexibility index (Phi) is 11.5. The van der Waals surface area contributed by atoms with Gasteiger partial charge in [-0.2, -0.15) is 0 Å². The Hall–Kier alpha value is -3.76. The minimum Gasteiger partial charge on any atom is -0.491 e. The number of hydrogen-bond donors (Lipinski definition) is 3. The molecule has 0 unspecified atom stereocenters. The van der Waals surface area contributed by atoms with Crippen LogP contribution in [-0.4, -0.2) is 70.4 Å². The van der Waals surface area contributed by atoms with Gasteiger partial charge in [0.2, 0.25) is 11.8 Å². The molecule has 0 heterocycles. The maximum Gasteiger partial charge on any atom is 0.233 e. The molecule has 36 heavy (non-hydrogen) atoms. The predicted octanol–water partition coefficient (Wildman–Crippen LogP) is 1.54. The molecule has 2 amide bonds. The van der Waals surface area contributed by atoms with E-state index in [1.54, 1.807) is 50.6 Å². The van der Waals surface area contributed by atoms with Gasteiger partial charge >= 0.3 is 0 Å². The highest BCUT2D eigenvalue weighted by Gasteiger charge is 2.10. The lowest BCUT2D eigenvalue weighted by Crippen LogP contribution is -2.33. The van der Waals surface area contributed by atoms with E-state index in [1.165, 1.54) is 6.07 Å². The van der Waals surface area contributed by atoms with E-state index < -0.39 is 11.7 Å². The molecule has 2 aromatic rings. The number of likely N-dealkylation sites (N-methyl/N-ethyl adjacent to an activating group) is 1. The fourth-order valence-electron chi connectivity index (χ4n) is 3.12. The van der Waals surface area contributed by atoms with Crippen LogP contribution >= 0.6 is 0 Å². The molecule has 0 aromatic heterocycles. The van der Waals surface area contributed by atoms with E-state index in [-0.39, 0.29) is 23.4 Å². The van der Waals surface area contributed by atoms with Crippen molar-refractivity contribution in [2.75, 3.05) is 58.1 Å². The molecule has 0 spiro atoms. The van der Waals surface area contributed by atoms with E-state index in [9.17, 15) is 14.0 Å². The molecule has 194 valence electrons. The van der Waals surface area contributed by atoms with Crippen molar-refractivity contribution in [2.24, 2.45) is 4.99 Å². The number of carbonyl (C=O) groups is 2. The molecular weight excluding hydrogens is 465 g/mol. The second kappa shape index (κ2) is 14.6. The number of nitrogens with zero attached hydrogens (tertiary/aromatic N) is 2. The Labute approximate surface area is 210 Å². The Bertz CT molecular complexity index is 1170. The summed E-state index contributed by atoms with van der Waals surface area (Å²) in [6, 6.07) is 9.68. The molecule has 0 aliphatic carbocycles. The van der Waals surface area contributed by atoms with Gasteiger partial charge in [-0.15, -0.1) is 0 Å². The van der Waals surface area contributed by atoms with E-state index in [1.807, 2.05) is 19.0 Å². The summed E-state index contributed by atoms with van der Waals surface area (Å²) in [5.74, 6) is -0.669. The molecule has 0 aliphatic heterocycles. The van der Waals surface area contributed by atoms with Crippen molar-refractivity contribution in [1.29, 1.82) is 0 Å². The van der Waals surface area contributed by atoms with Gasteiger partial charge in [-0.1, -0.05) is 6.58 Å². The smallest absolute Gasteiger partial charge is 0.233 e. The molecule has 0 atom stereocenters. The van der Waals surface area contributed by atoms with Gasteiger partial charge in [-0.25, -0.2) is 9.38 Å². The van der Waals surface area contributed by atoms with Crippen LogP contribution in [0.3, 0.4) is 0 Å². The van der Waals surface area contributed by atoms with Crippen molar-refractivity contribution >= 4 is 41.8 Å². The number of nitrogens with one attached hydrogen (secondary N) is 3. The standard InChI is InChI=1S/C26H34FN5O4/c1-6-28-26(25-18(2)15-21(16-22(25)27)36-14-13-35-5)31-20-9-7-19(8-10-20)30-24(34)17-23(33)29-11-12-32(3)4/h6-10,15-16,31H,2,11-14,17H2,1,3-5H3,(H,29,33)(H,30,34)/b26-25-,28-6-. The molecule has 3 N–H and O–H groups in total. The van der Waals surface area contributed by atoms with Crippen LogP contribution in [0.4, 0.5) is 15.8 Å². The summed E-state index contributed by atoms with van der Waals surface area (Å²) in [5.41, 5.74) is 1.14. The summed E-state index contributed by atoms with van der Waals surface area (Å²) in [6.07, 6.45) is 1.27. The van der Waals surface area contributed by atoms with Crippen molar-refractivity contribution in [3.05, 3.63) is 52.7 Å². The maximum absolute atomic E-state index is 15.0. The number of rotatable bonds is 13. The van der Waals surface area contributed by atoms with Gasteiger partial charge in [0.1, 0.15) is 30.4 Å².